The Labute approximate surface area is 467 Å². The average molecular weight is 1220 g/mol. The summed E-state index contributed by atoms with van der Waals surface area (Å²) in [7, 11) is -3.42. The van der Waals surface area contributed by atoms with E-state index in [2.05, 4.69) is 34.9 Å². The van der Waals surface area contributed by atoms with Crippen molar-refractivity contribution in [2.45, 2.75) is 101 Å². The van der Waals surface area contributed by atoms with Crippen LogP contribution < -0.4 is 0 Å². The van der Waals surface area contributed by atoms with Gasteiger partial charge in [-0.2, -0.15) is 0 Å². The predicted octanol–water partition coefficient (Wildman–Crippen LogP) is 10.4. The highest BCUT2D eigenvalue weighted by Crippen LogP contribution is 2.38. The molecule has 19 nitrogen and oxygen atoms in total. The van der Waals surface area contributed by atoms with E-state index < -0.39 is 51.7 Å². The molecule has 0 spiro atoms. The molecule has 0 radical (unpaired) electrons. The van der Waals surface area contributed by atoms with E-state index in [1.165, 1.54) is 26.3 Å². The summed E-state index contributed by atoms with van der Waals surface area (Å²) in [4.78, 5) is 97.1. The van der Waals surface area contributed by atoms with E-state index in [1.807, 2.05) is 32.9 Å². The fraction of sp³-hybridized carbons (Fsp3) is 0.519. The van der Waals surface area contributed by atoms with Crippen LogP contribution in [0.2, 0.25) is 10.0 Å². The van der Waals surface area contributed by atoms with E-state index in [0.717, 1.165) is 11.1 Å². The van der Waals surface area contributed by atoms with Gasteiger partial charge in [-0.1, -0.05) is 81.6 Å². The van der Waals surface area contributed by atoms with Crippen molar-refractivity contribution in [1.82, 2.24) is 0 Å². The molecule has 76 heavy (non-hydrogen) atoms. The van der Waals surface area contributed by atoms with Crippen molar-refractivity contribution in [2.24, 2.45) is 0 Å². The lowest BCUT2D eigenvalue weighted by molar-refractivity contribution is -0.146. The Morgan fingerprint density at radius 3 is 1.26 bits per heavy atom. The summed E-state index contributed by atoms with van der Waals surface area (Å²) in [5, 5.41) is 11.1. The van der Waals surface area contributed by atoms with E-state index in [0.29, 0.717) is 49.7 Å². The van der Waals surface area contributed by atoms with E-state index in [4.69, 9.17) is 41.5 Å². The van der Waals surface area contributed by atoms with Gasteiger partial charge in [0.1, 0.15) is 31.5 Å². The van der Waals surface area contributed by atoms with Gasteiger partial charge in [-0.15, -0.1) is 0 Å². The molecule has 2 aromatic carbocycles. The number of carbonyl (C=O) groups excluding carboxylic acids is 9. The Kier molecular flexibility index (Phi) is 52.6. The van der Waals surface area contributed by atoms with Gasteiger partial charge in [-0.25, -0.2) is 0 Å². The normalized spacial score (nSPS) is 10.7. The lowest BCUT2D eigenvalue weighted by Gasteiger charge is -2.12. The van der Waals surface area contributed by atoms with Gasteiger partial charge < -0.3 is 46.9 Å². The first kappa shape index (κ1) is 78.0. The van der Waals surface area contributed by atoms with Crippen molar-refractivity contribution in [3.63, 3.8) is 0 Å². The van der Waals surface area contributed by atoms with Crippen LogP contribution in [-0.4, -0.2) is 142 Å². The van der Waals surface area contributed by atoms with Crippen LogP contribution in [0.1, 0.15) is 106 Å². The number of allylic oxidation sites excluding steroid dienone is 1. The van der Waals surface area contributed by atoms with Crippen LogP contribution in [0.4, 0.5) is 0 Å². The van der Waals surface area contributed by atoms with Gasteiger partial charge in [-0.05, 0) is 117 Å². The minimum Gasteiger partial charge on any atom is -0.466 e. The largest absolute Gasteiger partial charge is 0.466 e. The number of aliphatic hydroxyl groups is 1. The smallest absolute Gasteiger partial charge is 0.332 e. The van der Waals surface area contributed by atoms with E-state index in [1.54, 1.807) is 89.2 Å². The third-order valence-electron chi connectivity index (χ3n) is 7.42. The molecule has 1 N–H and O–H groups in total. The second kappa shape index (κ2) is 51.3. The van der Waals surface area contributed by atoms with Gasteiger partial charge in [0.05, 0.1) is 84.0 Å². The van der Waals surface area contributed by atoms with Crippen LogP contribution in [0.5, 0.6) is 0 Å². The molecule has 1 atom stereocenters. The predicted molar refractivity (Wildman–Crippen MR) is 299 cm³/mol. The minimum atomic E-state index is -2.35. The van der Waals surface area contributed by atoms with Gasteiger partial charge >= 0.3 is 38.4 Å². The number of hydrogen-bond donors (Lipinski definition) is 1. The maximum absolute atomic E-state index is 11.4. The average Bonchev–Trinajstić information content (AvgIpc) is 3.32. The van der Waals surface area contributed by atoms with Crippen LogP contribution in [0, 0.1) is 0 Å². The van der Waals surface area contributed by atoms with Crippen LogP contribution in [0.15, 0.2) is 60.7 Å². The molecule has 0 saturated carbocycles. The standard InChI is InChI=1S/C13H15ClO3.C13H13ClO3.C8H15O4P.C6H9BrO3.C6H15O3P.C6H10O3/c2*1-2-17-13(16)9-12(15)8-5-10-3-6-11(14)7-4-10;1-4-12-8(10)5-7(9)6-13(2,3)11;1-2-10-6(9)3-5(8)4-7;1-4-7-10(8-5-2)9-6-3;1-3-9-6(8)4-5(2)7/h3-8,12,15H,2,9H2,1H3;3-8H,2,9H2,1H3;4-6H2,1-3H3;2-4H2,1H3;4-6H2,1-3H3;3-4H2,1-2H3/b2*8-5+;;;;/t12-;;;;;/m1...../s1. The van der Waals surface area contributed by atoms with E-state index in [9.17, 15) is 52.8 Å². The molecular formula is C52H77BrCl2O19P2. The highest BCUT2D eigenvalue weighted by atomic mass is 79.9. The lowest BCUT2D eigenvalue weighted by Crippen LogP contribution is -2.13. The summed E-state index contributed by atoms with van der Waals surface area (Å²) in [6, 6.07) is 14.2. The van der Waals surface area contributed by atoms with Crippen LogP contribution in [0.25, 0.3) is 12.2 Å². The molecule has 0 saturated heterocycles. The number of ether oxygens (including phenoxy) is 5. The second-order valence-corrected chi connectivity index (χ2v) is 21.0. The number of Topliss-reactive ketones (excluding diaryl/α,β-unsaturated/α-hetero) is 3. The third-order valence-corrected chi connectivity index (χ3v) is 11.1. The zero-order chi connectivity index (χ0) is 58.9. The first-order valence-electron chi connectivity index (χ1n) is 24.0. The van der Waals surface area contributed by atoms with Crippen LogP contribution in [0.3, 0.4) is 0 Å². The third kappa shape index (κ3) is 55.7. The molecule has 0 fully saturated rings. The quantitative estimate of drug-likeness (QED) is 0.0207. The molecule has 24 heteroatoms. The van der Waals surface area contributed by atoms with E-state index >= 15 is 0 Å². The Hall–Kier alpha value is -4.49. The Bertz CT molecular complexity index is 2060. The molecular weight excluding hydrogens is 1140 g/mol. The number of halogens is 3. The van der Waals surface area contributed by atoms with Gasteiger partial charge in [0.15, 0.2) is 17.3 Å². The number of alkyl halides is 1. The number of ketones is 4. The summed E-state index contributed by atoms with van der Waals surface area (Å²) in [6.45, 7) is 22.2. The highest BCUT2D eigenvalue weighted by Gasteiger charge is 2.17. The highest BCUT2D eigenvalue weighted by molar-refractivity contribution is 9.09. The first-order chi connectivity index (χ1) is 35.8. The zero-order valence-electron chi connectivity index (χ0n) is 45.4. The number of hydrogen-bond acceptors (Lipinski definition) is 19. The summed E-state index contributed by atoms with van der Waals surface area (Å²) < 4.78 is 49.6. The minimum absolute atomic E-state index is 0.0220. The molecule has 0 aromatic heterocycles. The molecule has 0 unspecified atom stereocenters. The molecule has 0 heterocycles. The summed E-state index contributed by atoms with van der Waals surface area (Å²) >= 11 is 14.4. The van der Waals surface area contributed by atoms with Crippen molar-refractivity contribution >= 4 is 120 Å². The molecule has 430 valence electrons. The molecule has 0 aliphatic carbocycles. The summed E-state index contributed by atoms with van der Waals surface area (Å²) in [6.07, 6.45) is 4.69. The maximum atomic E-state index is 11.4. The van der Waals surface area contributed by atoms with Gasteiger partial charge in [0, 0.05) is 10.0 Å². The summed E-state index contributed by atoms with van der Waals surface area (Å²) in [5.41, 5.74) is 1.77. The molecule has 0 aliphatic rings. The SMILES string of the molecule is CCOC(=O)CC(=O)/C=C/c1ccc(Cl)cc1.CCOC(=O)CC(=O)CBr.CCOC(=O)CC(=O)CP(C)(C)=O.CCOC(=O)CC(C)=O.CCOC(=O)C[C@H](O)/C=C/c1ccc(Cl)cc1.CCOP(OCC)OCC. The van der Waals surface area contributed by atoms with Crippen molar-refractivity contribution in [2.75, 3.05) is 77.7 Å². The number of rotatable bonds is 28. The molecule has 2 rings (SSSR count). The Balaban J connectivity index is -0.000000417. The van der Waals surface area contributed by atoms with Crippen LogP contribution >= 0.6 is 54.9 Å². The van der Waals surface area contributed by atoms with Crippen molar-refractivity contribution in [3.8, 4) is 0 Å². The maximum Gasteiger partial charge on any atom is 0.332 e. The zero-order valence-corrected chi connectivity index (χ0v) is 50.3. The molecule has 0 bridgehead atoms. The fourth-order valence-corrected chi connectivity index (χ4v) is 6.82. The fourth-order valence-electron chi connectivity index (χ4n) is 4.55. The lowest BCUT2D eigenvalue weighted by atomic mass is 10.1. The van der Waals surface area contributed by atoms with Crippen LogP contribution in [-0.2, 0) is 85.0 Å². The molecule has 2 aromatic rings. The van der Waals surface area contributed by atoms with Gasteiger partial charge in [-0.3, -0.25) is 43.2 Å². The van der Waals surface area contributed by atoms with Gasteiger partial charge in [0.25, 0.3) is 0 Å². The van der Waals surface area contributed by atoms with Crippen molar-refractivity contribution in [1.29, 1.82) is 0 Å². The summed E-state index contributed by atoms with van der Waals surface area (Å²) in [5.74, 6) is -3.24. The number of aliphatic hydroxyl groups excluding tert-OH is 1. The van der Waals surface area contributed by atoms with E-state index in [-0.39, 0.29) is 79.9 Å². The monoisotopic (exact) mass is 1220 g/mol. The number of carbonyl (C=O) groups is 9. The number of esters is 5. The number of benzene rings is 2. The molecule has 0 amide bonds. The van der Waals surface area contributed by atoms with Gasteiger partial charge in [0.2, 0.25) is 0 Å². The Morgan fingerprint density at radius 1 is 0.553 bits per heavy atom. The Morgan fingerprint density at radius 2 is 0.908 bits per heavy atom. The molecule has 0 aliphatic heterocycles. The van der Waals surface area contributed by atoms with Crippen molar-refractivity contribution in [3.05, 3.63) is 81.9 Å². The first-order valence-corrected chi connectivity index (χ1v) is 29.7. The van der Waals surface area contributed by atoms with Crippen molar-refractivity contribution < 1.29 is 90.1 Å². The second-order valence-electron chi connectivity index (χ2n) is 14.9. The topological polar surface area (TPSA) is 265 Å².